The van der Waals surface area contributed by atoms with E-state index in [4.69, 9.17) is 24.4 Å². The van der Waals surface area contributed by atoms with Crippen LogP contribution in [0.2, 0.25) is 0 Å². The molecule has 0 heterocycles. The van der Waals surface area contributed by atoms with Crippen LogP contribution in [0.25, 0.3) is 0 Å². The molecule has 0 aliphatic carbocycles. The third-order valence-corrected chi connectivity index (χ3v) is 5.95. The third-order valence-electron chi connectivity index (χ3n) is 5.25. The van der Waals surface area contributed by atoms with Crippen LogP contribution in [0.5, 0.6) is 0 Å². The van der Waals surface area contributed by atoms with Gasteiger partial charge in [-0.15, -0.1) is 0 Å². The fourth-order valence-electron chi connectivity index (χ4n) is 3.22. The summed E-state index contributed by atoms with van der Waals surface area (Å²) in [6.07, 6.45) is 0. The van der Waals surface area contributed by atoms with E-state index in [0.717, 1.165) is 31.7 Å². The summed E-state index contributed by atoms with van der Waals surface area (Å²) in [6, 6.07) is 15.7. The molecule has 0 atom stereocenters. The van der Waals surface area contributed by atoms with Gasteiger partial charge in [0, 0.05) is 49.4 Å². The van der Waals surface area contributed by atoms with Gasteiger partial charge in [0.25, 0.3) is 5.69 Å². The smallest absolute Gasteiger partial charge is 0.269 e. The minimum absolute atomic E-state index is 0.0150. The van der Waals surface area contributed by atoms with E-state index in [0.29, 0.717) is 27.2 Å². The van der Waals surface area contributed by atoms with Crippen molar-refractivity contribution >= 4 is 51.8 Å². The van der Waals surface area contributed by atoms with Crippen LogP contribution in [-0.4, -0.2) is 62.6 Å². The molecule has 0 saturated heterocycles. The highest BCUT2D eigenvalue weighted by Crippen LogP contribution is 2.15. The minimum atomic E-state index is -0.440. The molecule has 0 radical (unpaired) electrons. The topological polar surface area (TPSA) is 98.4 Å². The van der Waals surface area contributed by atoms with Crippen molar-refractivity contribution in [1.82, 2.24) is 20.7 Å². The van der Waals surface area contributed by atoms with Gasteiger partial charge in [-0.05, 0) is 64.3 Å². The summed E-state index contributed by atoms with van der Waals surface area (Å²) >= 11 is 11.0. The molecular formula is C24H31N7O2S2. The summed E-state index contributed by atoms with van der Waals surface area (Å²) in [5.41, 5.74) is 8.30. The lowest BCUT2D eigenvalue weighted by atomic mass is 9.99. The predicted octanol–water partition coefficient (Wildman–Crippen LogP) is 4.14. The standard InChI is InChI=1S/C24H31N7O2S2/c1-5-29(6-2)23(34)27-25-21(18-12-10-9-11-13-18)22(26-28-24(35)30(7-3)8-4)19-14-16-20(17-15-19)31(32)33/h9-17H,5-8H2,1-4H3,(H,27,34)(H,28,35)/b25-21+,26-22+. The molecule has 2 N–H and O–H groups in total. The second-order valence-corrected chi connectivity index (χ2v) is 8.04. The number of non-ortho nitro benzene ring substituents is 1. The first-order valence-electron chi connectivity index (χ1n) is 11.4. The van der Waals surface area contributed by atoms with E-state index in [1.54, 1.807) is 12.1 Å². The van der Waals surface area contributed by atoms with Gasteiger partial charge in [0.05, 0.1) is 4.92 Å². The number of rotatable bonds is 10. The molecule has 0 aromatic heterocycles. The normalized spacial score (nSPS) is 11.5. The Morgan fingerprint density at radius 3 is 1.54 bits per heavy atom. The molecule has 0 spiro atoms. The molecule has 0 fully saturated rings. The van der Waals surface area contributed by atoms with Crippen molar-refractivity contribution in [3.05, 3.63) is 75.8 Å². The van der Waals surface area contributed by atoms with Crippen LogP contribution in [-0.2, 0) is 0 Å². The molecule has 2 rings (SSSR count). The number of nitro benzene ring substituents is 1. The lowest BCUT2D eigenvalue weighted by Crippen LogP contribution is -2.39. The molecule has 0 unspecified atom stereocenters. The van der Waals surface area contributed by atoms with Gasteiger partial charge < -0.3 is 9.80 Å². The lowest BCUT2D eigenvalue weighted by Gasteiger charge is -2.22. The Hall–Kier alpha value is -3.44. The molecular weight excluding hydrogens is 482 g/mol. The molecule has 2 aromatic carbocycles. The Labute approximate surface area is 217 Å². The van der Waals surface area contributed by atoms with Gasteiger partial charge in [-0.3, -0.25) is 21.0 Å². The molecule has 0 bridgehead atoms. The van der Waals surface area contributed by atoms with Crippen molar-refractivity contribution in [1.29, 1.82) is 0 Å². The summed E-state index contributed by atoms with van der Waals surface area (Å²) in [4.78, 5) is 14.7. The summed E-state index contributed by atoms with van der Waals surface area (Å²) in [6.45, 7) is 11.0. The van der Waals surface area contributed by atoms with Crippen LogP contribution >= 0.6 is 24.4 Å². The molecule has 0 saturated carbocycles. The minimum Gasteiger partial charge on any atom is -0.348 e. The number of hydrogen-bond acceptors (Lipinski definition) is 6. The van der Waals surface area contributed by atoms with E-state index < -0.39 is 4.92 Å². The maximum atomic E-state index is 11.2. The van der Waals surface area contributed by atoms with Crippen molar-refractivity contribution in [2.75, 3.05) is 26.2 Å². The SMILES string of the molecule is CCN(CC)C(=S)N/N=C(/C(=N/NC(=S)N(CC)CC)c1ccc([N+](=O)[O-])cc1)c1ccccc1. The van der Waals surface area contributed by atoms with E-state index >= 15 is 0 Å². The molecule has 0 aliphatic heterocycles. The van der Waals surface area contributed by atoms with Crippen LogP contribution in [0.4, 0.5) is 5.69 Å². The van der Waals surface area contributed by atoms with E-state index in [9.17, 15) is 10.1 Å². The zero-order chi connectivity index (χ0) is 25.8. The predicted molar refractivity (Wildman–Crippen MR) is 150 cm³/mol. The van der Waals surface area contributed by atoms with E-state index in [1.165, 1.54) is 12.1 Å². The van der Waals surface area contributed by atoms with Crippen LogP contribution in [0.3, 0.4) is 0 Å². The summed E-state index contributed by atoms with van der Waals surface area (Å²) in [5, 5.41) is 21.4. The quantitative estimate of drug-likeness (QED) is 0.212. The van der Waals surface area contributed by atoms with Crippen molar-refractivity contribution in [2.45, 2.75) is 27.7 Å². The van der Waals surface area contributed by atoms with E-state index in [2.05, 4.69) is 21.1 Å². The summed E-state index contributed by atoms with van der Waals surface area (Å²) in [5.74, 6) is 0. The largest absolute Gasteiger partial charge is 0.348 e. The van der Waals surface area contributed by atoms with Gasteiger partial charge in [-0.2, -0.15) is 10.2 Å². The van der Waals surface area contributed by atoms with Crippen molar-refractivity contribution in [2.24, 2.45) is 10.2 Å². The van der Waals surface area contributed by atoms with Crippen LogP contribution < -0.4 is 10.9 Å². The van der Waals surface area contributed by atoms with E-state index in [1.807, 2.05) is 67.8 Å². The molecule has 2 aromatic rings. The highest BCUT2D eigenvalue weighted by atomic mass is 32.1. The first-order valence-corrected chi connectivity index (χ1v) is 12.2. The van der Waals surface area contributed by atoms with Crippen molar-refractivity contribution < 1.29 is 4.92 Å². The van der Waals surface area contributed by atoms with Gasteiger partial charge >= 0.3 is 0 Å². The van der Waals surface area contributed by atoms with Crippen LogP contribution in [0.15, 0.2) is 64.8 Å². The molecule has 0 aliphatic rings. The number of nitrogens with one attached hydrogen (secondary N) is 2. The first-order chi connectivity index (χ1) is 16.9. The zero-order valence-electron chi connectivity index (χ0n) is 20.4. The maximum Gasteiger partial charge on any atom is 0.269 e. The van der Waals surface area contributed by atoms with E-state index in [-0.39, 0.29) is 5.69 Å². The lowest BCUT2D eigenvalue weighted by molar-refractivity contribution is -0.384. The average Bonchev–Trinajstić information content (AvgIpc) is 2.88. The maximum absolute atomic E-state index is 11.2. The number of nitro groups is 1. The molecule has 11 heteroatoms. The van der Waals surface area contributed by atoms with Crippen LogP contribution in [0.1, 0.15) is 38.8 Å². The molecule has 186 valence electrons. The Bertz CT molecular complexity index is 1070. The second-order valence-electron chi connectivity index (χ2n) is 7.27. The molecule has 0 amide bonds. The van der Waals surface area contributed by atoms with Crippen molar-refractivity contribution in [3.63, 3.8) is 0 Å². The molecule has 35 heavy (non-hydrogen) atoms. The summed E-state index contributed by atoms with van der Waals surface area (Å²) < 4.78 is 0. The number of thiocarbonyl (C=S) groups is 2. The zero-order valence-corrected chi connectivity index (χ0v) is 22.0. The van der Waals surface area contributed by atoms with Gasteiger partial charge in [-0.1, -0.05) is 30.3 Å². The number of hydrogen-bond donors (Lipinski definition) is 2. The molecule has 9 nitrogen and oxygen atoms in total. The fourth-order valence-corrected chi connectivity index (χ4v) is 3.82. The Kier molecular flexibility index (Phi) is 11.2. The van der Waals surface area contributed by atoms with Gasteiger partial charge in [0.2, 0.25) is 0 Å². The average molecular weight is 514 g/mol. The third kappa shape index (κ3) is 7.79. The summed E-state index contributed by atoms with van der Waals surface area (Å²) in [7, 11) is 0. The Morgan fingerprint density at radius 1 is 0.771 bits per heavy atom. The number of benzene rings is 2. The second kappa shape index (κ2) is 14.1. The van der Waals surface area contributed by atoms with Gasteiger partial charge in [0.15, 0.2) is 10.2 Å². The van der Waals surface area contributed by atoms with Crippen molar-refractivity contribution in [3.8, 4) is 0 Å². The Balaban J connectivity index is 2.60. The van der Waals surface area contributed by atoms with Crippen LogP contribution in [0, 0.1) is 10.1 Å². The highest BCUT2D eigenvalue weighted by molar-refractivity contribution is 7.80. The number of nitrogens with zero attached hydrogens (tertiary/aromatic N) is 5. The van der Waals surface area contributed by atoms with Gasteiger partial charge in [0.1, 0.15) is 11.4 Å². The Morgan fingerprint density at radius 2 is 1.17 bits per heavy atom. The number of hydrazone groups is 2. The fraction of sp³-hybridized carbons (Fsp3) is 0.333. The van der Waals surface area contributed by atoms with Gasteiger partial charge in [-0.25, -0.2) is 0 Å². The monoisotopic (exact) mass is 513 g/mol. The first kappa shape index (κ1) is 27.8. The highest BCUT2D eigenvalue weighted by Gasteiger charge is 2.18.